The second-order valence-corrected chi connectivity index (χ2v) is 12.1. The van der Waals surface area contributed by atoms with Crippen molar-refractivity contribution in [2.75, 3.05) is 5.32 Å². The Bertz CT molecular complexity index is 1940. The predicted octanol–water partition coefficient (Wildman–Crippen LogP) is 8.00. The molecule has 0 fully saturated rings. The van der Waals surface area contributed by atoms with E-state index in [1.807, 2.05) is 0 Å². The molecular weight excluding hydrogens is 601 g/mol. The van der Waals surface area contributed by atoms with Crippen molar-refractivity contribution in [3.05, 3.63) is 101 Å². The first-order chi connectivity index (χ1) is 21.7. The second kappa shape index (κ2) is 11.7. The molecule has 0 aliphatic heterocycles. The summed E-state index contributed by atoms with van der Waals surface area (Å²) in [6, 6.07) is 17.6. The normalized spacial score (nSPS) is 15.0. The number of aryl methyl sites for hydroxylation is 1. The molecular formula is C34H31F3N4O5. The van der Waals surface area contributed by atoms with Crippen LogP contribution in [0.3, 0.4) is 0 Å². The highest BCUT2D eigenvalue weighted by Gasteiger charge is 2.42. The van der Waals surface area contributed by atoms with Crippen LogP contribution in [0.1, 0.15) is 83.3 Å². The summed E-state index contributed by atoms with van der Waals surface area (Å²) in [7, 11) is 0. The van der Waals surface area contributed by atoms with Crippen LogP contribution in [0.4, 0.5) is 18.9 Å². The largest absolute Gasteiger partial charge is 0.484 e. The number of hydrogen-bond donors (Lipinski definition) is 1. The molecule has 1 aliphatic carbocycles. The minimum atomic E-state index is -4.70. The van der Waals surface area contributed by atoms with Crippen molar-refractivity contribution in [1.82, 2.24) is 14.8 Å². The molecule has 1 atom stereocenters. The second-order valence-electron chi connectivity index (χ2n) is 12.1. The Kier molecular flexibility index (Phi) is 7.83. The zero-order valence-electron chi connectivity index (χ0n) is 25.6. The third-order valence-corrected chi connectivity index (χ3v) is 7.36. The summed E-state index contributed by atoms with van der Waals surface area (Å²) < 4.78 is 61.1. The quantitative estimate of drug-likeness (QED) is 0.189. The van der Waals surface area contributed by atoms with E-state index in [1.54, 1.807) is 88.4 Å². The van der Waals surface area contributed by atoms with Gasteiger partial charge in [-0.2, -0.15) is 18.3 Å². The highest BCUT2D eigenvalue weighted by Crippen LogP contribution is 2.42. The fourth-order valence-electron chi connectivity index (χ4n) is 5.45. The van der Waals surface area contributed by atoms with Crippen LogP contribution in [0.2, 0.25) is 0 Å². The molecule has 1 unspecified atom stereocenters. The molecule has 46 heavy (non-hydrogen) atoms. The molecule has 9 nitrogen and oxygen atoms in total. The lowest BCUT2D eigenvalue weighted by molar-refractivity contribution is -0.142. The van der Waals surface area contributed by atoms with Gasteiger partial charge in [0.15, 0.2) is 17.2 Å². The number of fused-ring (bicyclic) bond motifs is 2. The average molecular weight is 633 g/mol. The number of alkyl halides is 3. The molecule has 1 N–H and O–H groups in total. The van der Waals surface area contributed by atoms with E-state index in [2.05, 4.69) is 15.4 Å². The Morgan fingerprint density at radius 1 is 1.00 bits per heavy atom. The van der Waals surface area contributed by atoms with Gasteiger partial charge in [0, 0.05) is 29.8 Å². The molecule has 0 bridgehead atoms. The molecule has 2 heterocycles. The number of carbonyl (C=O) groups is 2. The van der Waals surface area contributed by atoms with Gasteiger partial charge in [0.2, 0.25) is 0 Å². The maximum absolute atomic E-state index is 14.2. The van der Waals surface area contributed by atoms with Crippen molar-refractivity contribution >= 4 is 28.7 Å². The number of anilines is 1. The number of nitrogens with one attached hydrogen (secondary N) is 1. The van der Waals surface area contributed by atoms with Gasteiger partial charge in [0.1, 0.15) is 23.0 Å². The number of rotatable bonds is 6. The SMILES string of the molecule is Cc1nc2ccc(NC(=O)c3cccc(-n4nc(C(F)(F)F)c5c4C(Oc4ccc(C(=O)OC(C)(C)C)cc4)CCC5)c3)cc2o1. The summed E-state index contributed by atoms with van der Waals surface area (Å²) in [5, 5.41) is 6.82. The van der Waals surface area contributed by atoms with Crippen molar-refractivity contribution < 1.29 is 36.7 Å². The van der Waals surface area contributed by atoms with Crippen LogP contribution in [0, 0.1) is 6.92 Å². The standard InChI is InChI=1S/C34H31F3N4O5/c1-19-38-26-16-13-22(18-28(26)44-19)39-31(42)21-7-5-8-23(17-21)41-29-25(30(40-41)34(35,36)37)9-6-10-27(29)45-24-14-11-20(12-15-24)32(43)46-33(2,3)4/h5,7-8,11-18,27H,6,9-10H2,1-4H3,(H,39,42). The summed E-state index contributed by atoms with van der Waals surface area (Å²) in [5.74, 6) is -0.0950. The fourth-order valence-corrected chi connectivity index (χ4v) is 5.45. The Balaban J connectivity index is 1.30. The molecule has 0 saturated heterocycles. The molecule has 12 heteroatoms. The van der Waals surface area contributed by atoms with Crippen LogP contribution in [0.25, 0.3) is 16.8 Å². The highest BCUT2D eigenvalue weighted by molar-refractivity contribution is 6.05. The van der Waals surface area contributed by atoms with E-state index >= 15 is 0 Å². The Morgan fingerprint density at radius 2 is 1.76 bits per heavy atom. The number of esters is 1. The summed E-state index contributed by atoms with van der Waals surface area (Å²) in [4.78, 5) is 29.9. The van der Waals surface area contributed by atoms with E-state index < -0.39 is 35.5 Å². The molecule has 0 radical (unpaired) electrons. The van der Waals surface area contributed by atoms with Crippen LogP contribution in [-0.4, -0.2) is 32.2 Å². The van der Waals surface area contributed by atoms with Crippen LogP contribution in [-0.2, 0) is 17.3 Å². The molecule has 2 aromatic heterocycles. The third-order valence-electron chi connectivity index (χ3n) is 7.36. The van der Waals surface area contributed by atoms with Gasteiger partial charge < -0.3 is 19.2 Å². The number of benzene rings is 3. The number of amides is 1. The number of halogens is 3. The fraction of sp³-hybridized carbons (Fsp3) is 0.294. The number of ether oxygens (including phenoxy) is 2. The van der Waals surface area contributed by atoms with Crippen LogP contribution >= 0.6 is 0 Å². The number of carbonyl (C=O) groups excluding carboxylic acids is 2. The first kappa shape index (κ1) is 30.9. The lowest BCUT2D eigenvalue weighted by Crippen LogP contribution is -2.23. The van der Waals surface area contributed by atoms with Gasteiger partial charge >= 0.3 is 12.1 Å². The minimum absolute atomic E-state index is 0.0552. The molecule has 6 rings (SSSR count). The van der Waals surface area contributed by atoms with Gasteiger partial charge in [-0.1, -0.05) is 6.07 Å². The lowest BCUT2D eigenvalue weighted by atomic mass is 9.92. The van der Waals surface area contributed by atoms with Gasteiger partial charge in [-0.3, -0.25) is 4.79 Å². The first-order valence-electron chi connectivity index (χ1n) is 14.7. The number of hydrogen-bond acceptors (Lipinski definition) is 7. The smallest absolute Gasteiger partial charge is 0.435 e. The zero-order valence-corrected chi connectivity index (χ0v) is 25.6. The van der Waals surface area contributed by atoms with Crippen LogP contribution < -0.4 is 10.1 Å². The highest BCUT2D eigenvalue weighted by atomic mass is 19.4. The van der Waals surface area contributed by atoms with Crippen LogP contribution in [0.15, 0.2) is 71.1 Å². The molecule has 238 valence electrons. The monoisotopic (exact) mass is 632 g/mol. The van der Waals surface area contributed by atoms with E-state index in [-0.39, 0.29) is 28.9 Å². The van der Waals surface area contributed by atoms with Crippen molar-refractivity contribution in [2.24, 2.45) is 0 Å². The molecule has 0 saturated carbocycles. The number of oxazole rings is 1. The van der Waals surface area contributed by atoms with Gasteiger partial charge in [0.25, 0.3) is 5.91 Å². The average Bonchev–Trinajstić information content (AvgIpc) is 3.57. The van der Waals surface area contributed by atoms with E-state index in [0.717, 1.165) is 0 Å². The summed E-state index contributed by atoms with van der Waals surface area (Å²) in [6.45, 7) is 7.02. The summed E-state index contributed by atoms with van der Waals surface area (Å²) >= 11 is 0. The zero-order chi connectivity index (χ0) is 32.8. The van der Waals surface area contributed by atoms with Crippen molar-refractivity contribution in [3.63, 3.8) is 0 Å². The van der Waals surface area contributed by atoms with Gasteiger partial charge in [-0.05, 0) is 94.6 Å². The maximum Gasteiger partial charge on any atom is 0.435 e. The molecule has 5 aromatic rings. The number of nitrogens with zero attached hydrogens (tertiary/aromatic N) is 3. The molecule has 3 aromatic carbocycles. The van der Waals surface area contributed by atoms with Gasteiger partial charge in [-0.15, -0.1) is 0 Å². The van der Waals surface area contributed by atoms with E-state index in [0.29, 0.717) is 46.8 Å². The van der Waals surface area contributed by atoms with E-state index in [1.165, 1.54) is 10.7 Å². The Hall–Kier alpha value is -5.13. The van der Waals surface area contributed by atoms with Gasteiger partial charge in [0.05, 0.1) is 16.9 Å². The minimum Gasteiger partial charge on any atom is -0.484 e. The maximum atomic E-state index is 14.2. The van der Waals surface area contributed by atoms with E-state index in [9.17, 15) is 22.8 Å². The van der Waals surface area contributed by atoms with Crippen molar-refractivity contribution in [1.29, 1.82) is 0 Å². The van der Waals surface area contributed by atoms with Gasteiger partial charge in [-0.25, -0.2) is 14.5 Å². The molecule has 1 aliphatic rings. The third kappa shape index (κ3) is 6.46. The molecule has 1 amide bonds. The molecule has 0 spiro atoms. The topological polar surface area (TPSA) is 108 Å². The first-order valence-corrected chi connectivity index (χ1v) is 14.7. The summed E-state index contributed by atoms with van der Waals surface area (Å²) in [5.41, 5.74) is 1.12. The van der Waals surface area contributed by atoms with Crippen molar-refractivity contribution in [2.45, 2.75) is 64.8 Å². The summed E-state index contributed by atoms with van der Waals surface area (Å²) in [6.07, 6.45) is -4.40. The van der Waals surface area contributed by atoms with Crippen molar-refractivity contribution in [3.8, 4) is 11.4 Å². The van der Waals surface area contributed by atoms with Crippen LogP contribution in [0.5, 0.6) is 5.75 Å². The Labute approximate surface area is 262 Å². The number of aromatic nitrogens is 3. The predicted molar refractivity (Wildman–Crippen MR) is 163 cm³/mol. The lowest BCUT2D eigenvalue weighted by Gasteiger charge is -2.26. The van der Waals surface area contributed by atoms with E-state index in [4.69, 9.17) is 13.9 Å². The Morgan fingerprint density at radius 3 is 2.48 bits per heavy atom.